The molecule has 0 aromatic carbocycles. The van der Waals surface area contributed by atoms with Crippen LogP contribution in [-0.2, 0) is 13.0 Å². The lowest BCUT2D eigenvalue weighted by Crippen LogP contribution is -2.08. The monoisotopic (exact) mass is 195 g/mol. The highest BCUT2D eigenvalue weighted by molar-refractivity contribution is 5.09. The Morgan fingerprint density at radius 1 is 1.50 bits per heavy atom. The van der Waals surface area contributed by atoms with Crippen LogP contribution in [0.25, 0.3) is 0 Å². The van der Waals surface area contributed by atoms with Gasteiger partial charge in [-0.15, -0.1) is 0 Å². The van der Waals surface area contributed by atoms with Crippen LogP contribution in [0.2, 0.25) is 0 Å². The number of anilines is 1. The number of aryl methyl sites for hydroxylation is 3. The van der Waals surface area contributed by atoms with E-state index in [1.807, 2.05) is 0 Å². The number of hydrogen-bond acceptors (Lipinski definition) is 7. The van der Waals surface area contributed by atoms with Crippen molar-refractivity contribution in [3.05, 3.63) is 11.7 Å². The van der Waals surface area contributed by atoms with Crippen LogP contribution in [0, 0.1) is 6.92 Å². The molecule has 0 fully saturated rings. The SMILES string of the molecule is Cc1nc(CCn2nnnc2N)no1. The summed E-state index contributed by atoms with van der Waals surface area (Å²) in [6.45, 7) is 2.28. The van der Waals surface area contributed by atoms with Crippen LogP contribution in [0.1, 0.15) is 11.7 Å². The maximum absolute atomic E-state index is 5.47. The van der Waals surface area contributed by atoms with Crippen LogP contribution in [0.5, 0.6) is 0 Å². The summed E-state index contributed by atoms with van der Waals surface area (Å²) in [5.74, 6) is 1.45. The summed E-state index contributed by atoms with van der Waals surface area (Å²) < 4.78 is 6.29. The normalized spacial score (nSPS) is 10.6. The van der Waals surface area contributed by atoms with Crippen molar-refractivity contribution in [2.75, 3.05) is 5.73 Å². The second kappa shape index (κ2) is 3.40. The molecule has 2 aromatic heterocycles. The molecule has 2 heterocycles. The number of rotatable bonds is 3. The molecule has 0 spiro atoms. The van der Waals surface area contributed by atoms with Crippen LogP contribution in [0.4, 0.5) is 5.95 Å². The molecule has 0 radical (unpaired) electrons. The summed E-state index contributed by atoms with van der Waals surface area (Å²) >= 11 is 0. The van der Waals surface area contributed by atoms with Crippen molar-refractivity contribution in [3.63, 3.8) is 0 Å². The zero-order valence-electron chi connectivity index (χ0n) is 7.58. The van der Waals surface area contributed by atoms with E-state index in [0.29, 0.717) is 24.7 Å². The number of hydrogen-bond donors (Lipinski definition) is 1. The van der Waals surface area contributed by atoms with Gasteiger partial charge in [-0.2, -0.15) is 4.98 Å². The number of nitrogen functional groups attached to an aromatic ring is 1. The van der Waals surface area contributed by atoms with Crippen LogP contribution >= 0.6 is 0 Å². The van der Waals surface area contributed by atoms with E-state index in [4.69, 9.17) is 10.3 Å². The predicted molar refractivity (Wildman–Crippen MR) is 45.0 cm³/mol. The molecule has 2 N–H and O–H groups in total. The van der Waals surface area contributed by atoms with E-state index in [0.717, 1.165) is 0 Å². The van der Waals surface area contributed by atoms with Crippen molar-refractivity contribution in [1.82, 2.24) is 30.3 Å². The van der Waals surface area contributed by atoms with Gasteiger partial charge in [-0.1, -0.05) is 10.3 Å². The maximum Gasteiger partial charge on any atom is 0.240 e. The smallest absolute Gasteiger partial charge is 0.240 e. The van der Waals surface area contributed by atoms with Crippen LogP contribution < -0.4 is 5.73 Å². The molecule has 0 atom stereocenters. The van der Waals surface area contributed by atoms with Gasteiger partial charge < -0.3 is 10.3 Å². The first-order chi connectivity index (χ1) is 6.75. The third-order valence-corrected chi connectivity index (χ3v) is 1.68. The minimum absolute atomic E-state index is 0.283. The standard InChI is InChI=1S/C6H9N7O/c1-4-8-5(10-14-4)2-3-13-6(7)9-11-12-13/h2-3H2,1H3,(H2,7,9,12). The average Bonchev–Trinajstić information content (AvgIpc) is 2.72. The lowest BCUT2D eigenvalue weighted by molar-refractivity contribution is 0.385. The molecule has 0 saturated heterocycles. The quantitative estimate of drug-likeness (QED) is 0.682. The first-order valence-corrected chi connectivity index (χ1v) is 4.06. The van der Waals surface area contributed by atoms with E-state index in [9.17, 15) is 0 Å². The van der Waals surface area contributed by atoms with Crippen LogP contribution in [0.15, 0.2) is 4.52 Å². The van der Waals surface area contributed by atoms with E-state index in [-0.39, 0.29) is 5.95 Å². The summed E-state index contributed by atoms with van der Waals surface area (Å²) in [6, 6.07) is 0. The Balaban J connectivity index is 1.98. The van der Waals surface area contributed by atoms with Gasteiger partial charge in [-0.3, -0.25) is 0 Å². The van der Waals surface area contributed by atoms with Crippen molar-refractivity contribution >= 4 is 5.95 Å². The van der Waals surface area contributed by atoms with Crippen molar-refractivity contribution in [2.24, 2.45) is 0 Å². The second-order valence-corrected chi connectivity index (χ2v) is 2.74. The first-order valence-electron chi connectivity index (χ1n) is 4.06. The fraction of sp³-hybridized carbons (Fsp3) is 0.500. The first kappa shape index (κ1) is 8.60. The van der Waals surface area contributed by atoms with E-state index in [1.54, 1.807) is 6.92 Å². The molecule has 0 saturated carbocycles. The average molecular weight is 195 g/mol. The minimum atomic E-state index is 0.283. The number of nitrogens with two attached hydrogens (primary N) is 1. The third-order valence-electron chi connectivity index (χ3n) is 1.68. The van der Waals surface area contributed by atoms with Crippen LogP contribution in [-0.4, -0.2) is 30.3 Å². The Morgan fingerprint density at radius 3 is 2.93 bits per heavy atom. The molecule has 2 rings (SSSR count). The van der Waals surface area contributed by atoms with Gasteiger partial charge in [-0.05, 0) is 10.4 Å². The Labute approximate surface area is 79.1 Å². The summed E-state index contributed by atoms with van der Waals surface area (Å²) in [5.41, 5.74) is 5.47. The van der Waals surface area contributed by atoms with Crippen LogP contribution in [0.3, 0.4) is 0 Å². The summed E-state index contributed by atoms with van der Waals surface area (Å²) in [4.78, 5) is 4.04. The Hall–Kier alpha value is -1.99. The Bertz CT molecular complexity index is 419. The molecule has 0 aliphatic heterocycles. The Morgan fingerprint density at radius 2 is 2.36 bits per heavy atom. The number of tetrazole rings is 1. The molecule has 0 aliphatic carbocycles. The summed E-state index contributed by atoms with van der Waals surface area (Å²) in [6.07, 6.45) is 0.590. The lowest BCUT2D eigenvalue weighted by atomic mass is 10.4. The maximum atomic E-state index is 5.47. The largest absolute Gasteiger partial charge is 0.367 e. The van der Waals surface area contributed by atoms with E-state index in [2.05, 4.69) is 25.7 Å². The van der Waals surface area contributed by atoms with E-state index in [1.165, 1.54) is 4.68 Å². The molecule has 0 unspecified atom stereocenters. The molecule has 2 aromatic rings. The number of aromatic nitrogens is 6. The van der Waals surface area contributed by atoms with Crippen molar-refractivity contribution in [1.29, 1.82) is 0 Å². The van der Waals surface area contributed by atoms with Gasteiger partial charge in [-0.25, -0.2) is 4.68 Å². The van der Waals surface area contributed by atoms with E-state index < -0.39 is 0 Å². The molecule has 14 heavy (non-hydrogen) atoms. The predicted octanol–water partition coefficient (Wildman–Crippen LogP) is -0.811. The molecule has 0 amide bonds. The lowest BCUT2D eigenvalue weighted by Gasteiger charge is -1.96. The fourth-order valence-electron chi connectivity index (χ4n) is 1.02. The van der Waals surface area contributed by atoms with Gasteiger partial charge in [0.15, 0.2) is 5.82 Å². The topological polar surface area (TPSA) is 109 Å². The van der Waals surface area contributed by atoms with E-state index >= 15 is 0 Å². The molecule has 74 valence electrons. The van der Waals surface area contributed by atoms with Gasteiger partial charge in [0, 0.05) is 13.3 Å². The fourth-order valence-corrected chi connectivity index (χ4v) is 1.02. The zero-order valence-corrected chi connectivity index (χ0v) is 7.58. The van der Waals surface area contributed by atoms with Gasteiger partial charge in [0.05, 0.1) is 6.54 Å². The molecule has 0 aliphatic rings. The van der Waals surface area contributed by atoms with Gasteiger partial charge >= 0.3 is 0 Å². The molecule has 8 heteroatoms. The second-order valence-electron chi connectivity index (χ2n) is 2.74. The number of nitrogens with zero attached hydrogens (tertiary/aromatic N) is 6. The summed E-state index contributed by atoms with van der Waals surface area (Å²) in [5, 5.41) is 14.4. The summed E-state index contributed by atoms with van der Waals surface area (Å²) in [7, 11) is 0. The highest BCUT2D eigenvalue weighted by Gasteiger charge is 2.05. The Kier molecular flexibility index (Phi) is 2.09. The van der Waals surface area contributed by atoms with Gasteiger partial charge in [0.25, 0.3) is 0 Å². The van der Waals surface area contributed by atoms with Gasteiger partial charge in [0.2, 0.25) is 11.8 Å². The molecular weight excluding hydrogens is 186 g/mol. The third kappa shape index (κ3) is 1.68. The molecule has 0 bridgehead atoms. The van der Waals surface area contributed by atoms with Crippen molar-refractivity contribution in [2.45, 2.75) is 19.9 Å². The molecule has 8 nitrogen and oxygen atoms in total. The highest BCUT2D eigenvalue weighted by atomic mass is 16.5. The van der Waals surface area contributed by atoms with Gasteiger partial charge in [0.1, 0.15) is 0 Å². The molecular formula is C6H9N7O. The minimum Gasteiger partial charge on any atom is -0.367 e. The zero-order chi connectivity index (χ0) is 9.97. The van der Waals surface area contributed by atoms with Crippen molar-refractivity contribution in [3.8, 4) is 0 Å². The van der Waals surface area contributed by atoms with Crippen molar-refractivity contribution < 1.29 is 4.52 Å². The highest BCUT2D eigenvalue weighted by Crippen LogP contribution is 1.99.